The molecule has 152 valence electrons. The highest BCUT2D eigenvalue weighted by Gasteiger charge is 2.28. The van der Waals surface area contributed by atoms with Gasteiger partial charge in [0, 0.05) is 4.90 Å². The van der Waals surface area contributed by atoms with Crippen molar-refractivity contribution < 1.29 is 0 Å². The lowest BCUT2D eigenvalue weighted by atomic mass is 9.74. The van der Waals surface area contributed by atoms with Crippen LogP contribution < -0.4 is 0 Å². The second-order valence-electron chi connectivity index (χ2n) is 9.89. The minimum absolute atomic E-state index is 0.428. The van der Waals surface area contributed by atoms with Crippen molar-refractivity contribution in [3.8, 4) is 0 Å². The molecule has 4 aromatic rings. The molecule has 0 bridgehead atoms. The summed E-state index contributed by atoms with van der Waals surface area (Å²) < 4.78 is 0. The third kappa shape index (κ3) is 2.88. The summed E-state index contributed by atoms with van der Waals surface area (Å²) in [4.78, 5) is 1.17. The van der Waals surface area contributed by atoms with Crippen molar-refractivity contribution in [1.82, 2.24) is 0 Å². The van der Waals surface area contributed by atoms with Gasteiger partial charge in [-0.25, -0.2) is 0 Å². The standard InChI is InChI=1S/C28H34S/c1-14(2)21-19-13-12-18-10-9-11-20-25(18)26(19)27(24(17(7)8)28(20)29)23(16(5)6)22(21)15(3)4/h9-17,29H,1-8H3. The minimum Gasteiger partial charge on any atom is -0.142 e. The number of hydrogen-bond donors (Lipinski definition) is 1. The fourth-order valence-corrected chi connectivity index (χ4v) is 6.13. The second-order valence-corrected chi connectivity index (χ2v) is 10.3. The van der Waals surface area contributed by atoms with Crippen molar-refractivity contribution in [2.24, 2.45) is 0 Å². The molecule has 0 aliphatic carbocycles. The summed E-state index contributed by atoms with van der Waals surface area (Å²) in [5, 5.41) is 8.42. The zero-order valence-corrected chi connectivity index (χ0v) is 20.0. The van der Waals surface area contributed by atoms with Gasteiger partial charge in [0.2, 0.25) is 0 Å². The lowest BCUT2D eigenvalue weighted by molar-refractivity contribution is 0.756. The maximum Gasteiger partial charge on any atom is 0.0160 e. The largest absolute Gasteiger partial charge is 0.142 e. The van der Waals surface area contributed by atoms with Crippen molar-refractivity contribution >= 4 is 44.9 Å². The summed E-state index contributed by atoms with van der Waals surface area (Å²) in [5.41, 5.74) is 6.08. The van der Waals surface area contributed by atoms with E-state index >= 15 is 0 Å². The smallest absolute Gasteiger partial charge is 0.0160 e. The van der Waals surface area contributed by atoms with Gasteiger partial charge in [0.05, 0.1) is 0 Å². The third-order valence-electron chi connectivity index (χ3n) is 6.52. The first-order valence-corrected chi connectivity index (χ1v) is 11.6. The predicted octanol–water partition coefficient (Wildman–Crippen LogP) is 9.37. The normalized spacial score (nSPS) is 12.9. The number of benzene rings is 4. The quantitative estimate of drug-likeness (QED) is 0.255. The molecule has 0 saturated heterocycles. The maximum absolute atomic E-state index is 5.13. The lowest BCUT2D eigenvalue weighted by Crippen LogP contribution is -2.10. The summed E-state index contributed by atoms with van der Waals surface area (Å²) in [6, 6.07) is 11.4. The van der Waals surface area contributed by atoms with Crippen LogP contribution in [0.5, 0.6) is 0 Å². The van der Waals surface area contributed by atoms with Gasteiger partial charge in [-0.15, -0.1) is 12.6 Å². The molecule has 0 unspecified atom stereocenters. The first-order valence-electron chi connectivity index (χ1n) is 11.2. The van der Waals surface area contributed by atoms with E-state index in [9.17, 15) is 0 Å². The third-order valence-corrected chi connectivity index (χ3v) is 7.01. The average Bonchev–Trinajstić information content (AvgIpc) is 2.64. The molecule has 4 aromatic carbocycles. The fourth-order valence-electron chi connectivity index (χ4n) is 5.57. The molecule has 0 fully saturated rings. The summed E-state index contributed by atoms with van der Waals surface area (Å²) in [5.74, 6) is 1.89. The van der Waals surface area contributed by atoms with Crippen LogP contribution in [0.15, 0.2) is 35.2 Å². The monoisotopic (exact) mass is 402 g/mol. The molecule has 0 radical (unpaired) electrons. The SMILES string of the molecule is CC(C)c1c(C(C)C)c2ccc3cccc4c(S)c(C(C)C)c(c1C(C)C)c2c34. The van der Waals surface area contributed by atoms with E-state index in [1.165, 1.54) is 42.8 Å². The van der Waals surface area contributed by atoms with Crippen LogP contribution in [0.1, 0.15) is 101 Å². The molecule has 0 saturated carbocycles. The molecule has 0 heterocycles. The van der Waals surface area contributed by atoms with E-state index in [0.29, 0.717) is 23.7 Å². The highest BCUT2D eigenvalue weighted by Crippen LogP contribution is 2.50. The number of hydrogen-bond acceptors (Lipinski definition) is 1. The Morgan fingerprint density at radius 3 is 1.66 bits per heavy atom. The van der Waals surface area contributed by atoms with Gasteiger partial charge in [-0.3, -0.25) is 0 Å². The molecule has 0 nitrogen and oxygen atoms in total. The van der Waals surface area contributed by atoms with Crippen molar-refractivity contribution in [3.05, 3.63) is 52.6 Å². The maximum atomic E-state index is 5.13. The Kier molecular flexibility index (Phi) is 5.10. The van der Waals surface area contributed by atoms with E-state index in [1.54, 1.807) is 16.7 Å². The topological polar surface area (TPSA) is 0 Å². The fraction of sp³-hybridized carbons (Fsp3) is 0.429. The lowest BCUT2D eigenvalue weighted by Gasteiger charge is -2.30. The molecule has 0 spiro atoms. The van der Waals surface area contributed by atoms with Crippen LogP contribution in [0, 0.1) is 0 Å². The Labute approximate surface area is 181 Å². The van der Waals surface area contributed by atoms with Gasteiger partial charge in [0.25, 0.3) is 0 Å². The van der Waals surface area contributed by atoms with Crippen LogP contribution in [-0.4, -0.2) is 0 Å². The van der Waals surface area contributed by atoms with Crippen LogP contribution in [0.25, 0.3) is 32.3 Å². The van der Waals surface area contributed by atoms with E-state index in [-0.39, 0.29) is 0 Å². The van der Waals surface area contributed by atoms with E-state index in [0.717, 1.165) is 0 Å². The molecule has 0 aliphatic heterocycles. The molecular weight excluding hydrogens is 368 g/mol. The van der Waals surface area contributed by atoms with E-state index in [4.69, 9.17) is 12.6 Å². The van der Waals surface area contributed by atoms with Crippen LogP contribution in [0.3, 0.4) is 0 Å². The Morgan fingerprint density at radius 2 is 1.10 bits per heavy atom. The van der Waals surface area contributed by atoms with Crippen LogP contribution in [-0.2, 0) is 0 Å². The zero-order valence-electron chi connectivity index (χ0n) is 19.1. The molecule has 0 N–H and O–H groups in total. The number of rotatable bonds is 4. The Balaban J connectivity index is 2.48. The van der Waals surface area contributed by atoms with Gasteiger partial charge >= 0.3 is 0 Å². The molecule has 4 rings (SSSR count). The van der Waals surface area contributed by atoms with E-state index in [2.05, 4.69) is 85.7 Å². The van der Waals surface area contributed by atoms with Crippen molar-refractivity contribution in [3.63, 3.8) is 0 Å². The Bertz CT molecular complexity index is 1210. The summed E-state index contributed by atoms with van der Waals surface area (Å²) >= 11 is 5.13. The summed E-state index contributed by atoms with van der Waals surface area (Å²) in [6.07, 6.45) is 0. The van der Waals surface area contributed by atoms with Gasteiger partial charge in [0.15, 0.2) is 0 Å². The van der Waals surface area contributed by atoms with Gasteiger partial charge in [0.1, 0.15) is 0 Å². The molecule has 0 atom stereocenters. The first-order chi connectivity index (χ1) is 13.7. The molecule has 0 aromatic heterocycles. The van der Waals surface area contributed by atoms with Crippen LogP contribution in [0.2, 0.25) is 0 Å². The van der Waals surface area contributed by atoms with Crippen LogP contribution in [0.4, 0.5) is 0 Å². The molecule has 0 amide bonds. The van der Waals surface area contributed by atoms with E-state index in [1.807, 2.05) is 0 Å². The van der Waals surface area contributed by atoms with Crippen molar-refractivity contribution in [2.45, 2.75) is 84.0 Å². The molecule has 0 aliphatic rings. The number of thiol groups is 1. The van der Waals surface area contributed by atoms with Gasteiger partial charge < -0.3 is 0 Å². The highest BCUT2D eigenvalue weighted by molar-refractivity contribution is 7.80. The van der Waals surface area contributed by atoms with Gasteiger partial charge in [-0.05, 0) is 78.2 Å². The van der Waals surface area contributed by atoms with Crippen LogP contribution >= 0.6 is 12.6 Å². The van der Waals surface area contributed by atoms with Gasteiger partial charge in [-0.1, -0.05) is 85.7 Å². The minimum atomic E-state index is 0.428. The van der Waals surface area contributed by atoms with Gasteiger partial charge in [-0.2, -0.15) is 0 Å². The highest BCUT2D eigenvalue weighted by atomic mass is 32.1. The molecule has 1 heteroatoms. The predicted molar refractivity (Wildman–Crippen MR) is 134 cm³/mol. The second kappa shape index (κ2) is 7.20. The summed E-state index contributed by atoms with van der Waals surface area (Å²) in [6.45, 7) is 18.8. The molecule has 29 heavy (non-hydrogen) atoms. The Hall–Kier alpha value is -1.73. The zero-order chi connectivity index (χ0) is 21.2. The molecular formula is C28H34S. The summed E-state index contributed by atoms with van der Waals surface area (Å²) in [7, 11) is 0. The van der Waals surface area contributed by atoms with E-state index < -0.39 is 0 Å². The first kappa shape index (κ1) is 20.5. The average molecular weight is 403 g/mol. The Morgan fingerprint density at radius 1 is 0.517 bits per heavy atom. The van der Waals surface area contributed by atoms with Crippen molar-refractivity contribution in [1.29, 1.82) is 0 Å². The van der Waals surface area contributed by atoms with Crippen molar-refractivity contribution in [2.75, 3.05) is 0 Å².